The number of hydrogen-bond acceptors (Lipinski definition) is 6. The molecule has 8 heteroatoms. The number of pyridine rings is 1. The second-order valence-electron chi connectivity index (χ2n) is 7.65. The van der Waals surface area contributed by atoms with E-state index >= 15 is 0 Å². The van der Waals surface area contributed by atoms with Crippen molar-refractivity contribution < 1.29 is 9.47 Å². The van der Waals surface area contributed by atoms with Crippen LogP contribution in [0.15, 0.2) is 42.6 Å². The summed E-state index contributed by atoms with van der Waals surface area (Å²) in [7, 11) is 3.79. The molecule has 5 rings (SSSR count). The van der Waals surface area contributed by atoms with Gasteiger partial charge in [-0.2, -0.15) is 10.2 Å². The number of aryl methyl sites for hydroxylation is 3. The summed E-state index contributed by atoms with van der Waals surface area (Å²) < 4.78 is 15.2. The second kappa shape index (κ2) is 11.7. The summed E-state index contributed by atoms with van der Waals surface area (Å²) in [6, 6.07) is 12.3. The highest BCUT2D eigenvalue weighted by atomic mass is 16.5. The minimum atomic E-state index is 0.0493. The lowest BCUT2D eigenvalue weighted by molar-refractivity contribution is 0.142. The Bertz CT molecular complexity index is 1210. The van der Waals surface area contributed by atoms with Crippen molar-refractivity contribution >= 4 is 22.7 Å². The molecule has 182 valence electrons. The molecule has 0 saturated carbocycles. The molecule has 0 bridgehead atoms. The molecule has 1 aliphatic rings. The van der Waals surface area contributed by atoms with E-state index in [2.05, 4.69) is 40.6 Å². The first-order chi connectivity index (χ1) is 16.6. The van der Waals surface area contributed by atoms with Gasteiger partial charge < -0.3 is 14.8 Å². The highest BCUT2D eigenvalue weighted by molar-refractivity contribution is 5.84. The monoisotopic (exact) mass is 464 g/mol. The molecule has 1 aliphatic heterocycles. The fourth-order valence-electron chi connectivity index (χ4n) is 3.69. The average molecular weight is 465 g/mol. The number of benzene rings is 1. The van der Waals surface area contributed by atoms with Crippen LogP contribution in [-0.2, 0) is 18.8 Å². The summed E-state index contributed by atoms with van der Waals surface area (Å²) >= 11 is 0. The van der Waals surface area contributed by atoms with Crippen molar-refractivity contribution in [2.75, 3.05) is 18.5 Å². The van der Waals surface area contributed by atoms with Gasteiger partial charge in [-0.25, -0.2) is 4.98 Å². The number of nitrogens with zero attached hydrogens (tertiary/aromatic N) is 5. The van der Waals surface area contributed by atoms with Crippen LogP contribution < -0.4 is 10.1 Å². The van der Waals surface area contributed by atoms with Crippen LogP contribution in [0.3, 0.4) is 0 Å². The van der Waals surface area contributed by atoms with Gasteiger partial charge in [-0.3, -0.25) is 9.36 Å². The normalized spacial score (nSPS) is 14.7. The van der Waals surface area contributed by atoms with Gasteiger partial charge in [-0.15, -0.1) is 0 Å². The van der Waals surface area contributed by atoms with Crippen LogP contribution >= 0.6 is 0 Å². The van der Waals surface area contributed by atoms with E-state index in [0.717, 1.165) is 46.9 Å². The van der Waals surface area contributed by atoms with Crippen molar-refractivity contribution in [3.05, 3.63) is 48.2 Å². The van der Waals surface area contributed by atoms with Gasteiger partial charge in [0.2, 0.25) is 0 Å². The quantitative estimate of drug-likeness (QED) is 0.412. The van der Waals surface area contributed by atoms with Crippen molar-refractivity contribution in [2.24, 2.45) is 14.1 Å². The molecule has 4 aromatic rings. The standard InChI is InChI=1S/C22H24N6O2.2C2H6/c1-14-5-4-6-15(9-14)18-10-21(27(2)26-18)24-20-11-19(30-16-7-8-29-13-16)17-12-23-28(3)22(17)25-20;2*1-2/h4-6,9-12,16H,7-8,13H2,1-3H3,(H,24,25);2*1-2H3. The Kier molecular flexibility index (Phi) is 8.65. The molecule has 34 heavy (non-hydrogen) atoms. The zero-order valence-corrected chi connectivity index (χ0v) is 21.3. The number of fused-ring (bicyclic) bond motifs is 1. The third kappa shape index (κ3) is 5.56. The van der Waals surface area contributed by atoms with Crippen LogP contribution in [-0.4, -0.2) is 43.9 Å². The lowest BCUT2D eigenvalue weighted by Crippen LogP contribution is -2.16. The van der Waals surface area contributed by atoms with Crippen LogP contribution in [0.4, 0.5) is 11.6 Å². The Morgan fingerprint density at radius 3 is 2.56 bits per heavy atom. The van der Waals surface area contributed by atoms with Gasteiger partial charge in [0.25, 0.3) is 0 Å². The smallest absolute Gasteiger partial charge is 0.163 e. The molecule has 0 aliphatic carbocycles. The maximum atomic E-state index is 6.22. The first-order valence-electron chi connectivity index (χ1n) is 12.0. The van der Waals surface area contributed by atoms with E-state index in [9.17, 15) is 0 Å². The minimum Gasteiger partial charge on any atom is -0.487 e. The summed E-state index contributed by atoms with van der Waals surface area (Å²) in [5.41, 5.74) is 3.95. The summed E-state index contributed by atoms with van der Waals surface area (Å²) in [5.74, 6) is 2.28. The van der Waals surface area contributed by atoms with E-state index in [4.69, 9.17) is 14.5 Å². The number of anilines is 2. The Labute approximate surface area is 201 Å². The Hall–Kier alpha value is -3.39. The van der Waals surface area contributed by atoms with E-state index in [0.29, 0.717) is 12.4 Å². The summed E-state index contributed by atoms with van der Waals surface area (Å²) in [4.78, 5) is 4.74. The summed E-state index contributed by atoms with van der Waals surface area (Å²) in [5, 5.41) is 13.3. The molecule has 1 N–H and O–H groups in total. The maximum absolute atomic E-state index is 6.22. The fourth-order valence-corrected chi connectivity index (χ4v) is 3.69. The van der Waals surface area contributed by atoms with E-state index in [-0.39, 0.29) is 6.10 Å². The molecule has 1 fully saturated rings. The fraction of sp³-hybridized carbons (Fsp3) is 0.423. The zero-order chi connectivity index (χ0) is 24.7. The van der Waals surface area contributed by atoms with Crippen LogP contribution in [0.1, 0.15) is 39.7 Å². The zero-order valence-electron chi connectivity index (χ0n) is 21.3. The van der Waals surface area contributed by atoms with Crippen molar-refractivity contribution in [2.45, 2.75) is 47.1 Å². The lowest BCUT2D eigenvalue weighted by Gasteiger charge is -2.14. The van der Waals surface area contributed by atoms with Crippen molar-refractivity contribution in [1.82, 2.24) is 24.5 Å². The molecule has 3 aromatic heterocycles. The maximum Gasteiger partial charge on any atom is 0.163 e. The largest absolute Gasteiger partial charge is 0.487 e. The van der Waals surface area contributed by atoms with Crippen LogP contribution in [0.2, 0.25) is 0 Å². The predicted molar refractivity (Wildman–Crippen MR) is 138 cm³/mol. The van der Waals surface area contributed by atoms with Crippen LogP contribution in [0.25, 0.3) is 22.3 Å². The topological polar surface area (TPSA) is 79.0 Å². The van der Waals surface area contributed by atoms with E-state index in [1.54, 1.807) is 10.9 Å². The molecule has 1 unspecified atom stereocenters. The molecule has 1 aromatic carbocycles. The van der Waals surface area contributed by atoms with Gasteiger partial charge in [-0.1, -0.05) is 51.5 Å². The minimum absolute atomic E-state index is 0.0493. The third-order valence-corrected chi connectivity index (χ3v) is 5.30. The molecule has 8 nitrogen and oxygen atoms in total. The van der Waals surface area contributed by atoms with E-state index in [1.165, 1.54) is 5.56 Å². The van der Waals surface area contributed by atoms with Gasteiger partial charge in [0.1, 0.15) is 23.5 Å². The highest BCUT2D eigenvalue weighted by Crippen LogP contribution is 2.31. The Balaban J connectivity index is 0.000000771. The molecule has 1 atom stereocenters. The number of rotatable bonds is 5. The first kappa shape index (κ1) is 25.2. The number of hydrogen-bond donors (Lipinski definition) is 1. The third-order valence-electron chi connectivity index (χ3n) is 5.30. The van der Waals surface area contributed by atoms with E-state index < -0.39 is 0 Å². The van der Waals surface area contributed by atoms with Crippen molar-refractivity contribution in [3.8, 4) is 17.0 Å². The average Bonchev–Trinajstić information content (AvgIpc) is 3.59. The van der Waals surface area contributed by atoms with Crippen LogP contribution in [0, 0.1) is 6.92 Å². The van der Waals surface area contributed by atoms with Gasteiger partial charge >= 0.3 is 0 Å². The second-order valence-corrected chi connectivity index (χ2v) is 7.65. The van der Waals surface area contributed by atoms with E-state index in [1.807, 2.05) is 64.7 Å². The molecular weight excluding hydrogens is 428 g/mol. The number of nitrogens with one attached hydrogen (secondary N) is 1. The number of ether oxygens (including phenoxy) is 2. The first-order valence-corrected chi connectivity index (χ1v) is 12.0. The Morgan fingerprint density at radius 2 is 1.85 bits per heavy atom. The van der Waals surface area contributed by atoms with Gasteiger partial charge in [0, 0.05) is 38.2 Å². The lowest BCUT2D eigenvalue weighted by atomic mass is 10.1. The highest BCUT2D eigenvalue weighted by Gasteiger charge is 2.20. The van der Waals surface area contributed by atoms with Gasteiger partial charge in [0.15, 0.2) is 5.65 Å². The van der Waals surface area contributed by atoms with Gasteiger partial charge in [-0.05, 0) is 13.0 Å². The molecule has 0 radical (unpaired) electrons. The SMILES string of the molecule is CC.CC.Cc1cccc(-c2cc(Nc3cc(OC4CCOC4)c4cnn(C)c4n3)n(C)n2)c1. The molecular formula is C26H36N6O2. The molecule has 1 saturated heterocycles. The van der Waals surface area contributed by atoms with Gasteiger partial charge in [0.05, 0.1) is 30.5 Å². The summed E-state index contributed by atoms with van der Waals surface area (Å²) in [6.07, 6.45) is 2.72. The summed E-state index contributed by atoms with van der Waals surface area (Å²) in [6.45, 7) is 11.4. The van der Waals surface area contributed by atoms with Crippen molar-refractivity contribution in [3.63, 3.8) is 0 Å². The number of aromatic nitrogens is 5. The van der Waals surface area contributed by atoms with Crippen molar-refractivity contribution in [1.29, 1.82) is 0 Å². The molecule has 0 amide bonds. The molecule has 4 heterocycles. The van der Waals surface area contributed by atoms with Crippen LogP contribution in [0.5, 0.6) is 5.75 Å². The molecule has 0 spiro atoms. The predicted octanol–water partition coefficient (Wildman–Crippen LogP) is 5.64. The Morgan fingerprint density at radius 1 is 1.06 bits per heavy atom.